The zero-order valence-electron chi connectivity index (χ0n) is 20.6. The van der Waals surface area contributed by atoms with E-state index < -0.39 is 34.5 Å². The van der Waals surface area contributed by atoms with E-state index in [0.717, 1.165) is 6.20 Å². The zero-order valence-corrected chi connectivity index (χ0v) is 23.8. The monoisotopic (exact) mass is 680 g/mol. The Balaban J connectivity index is 1.32. The number of carbonyl (C=O) groups is 1. The molecule has 1 aromatic carbocycles. The number of ether oxygens (including phenoxy) is 1. The number of imidazole rings is 1. The normalized spacial score (nSPS) is 20.4. The summed E-state index contributed by atoms with van der Waals surface area (Å²) >= 11 is 6.68. The number of anilines is 1. The molecule has 1 amide bonds. The number of nitrogen functional groups attached to an aromatic ring is 1. The van der Waals surface area contributed by atoms with E-state index in [0.29, 0.717) is 20.4 Å². The molecule has 2 aliphatic rings. The van der Waals surface area contributed by atoms with Crippen molar-refractivity contribution in [1.29, 1.82) is 0 Å². The molecule has 0 saturated heterocycles. The lowest BCUT2D eigenvalue weighted by Crippen LogP contribution is -2.45. The number of hydrogen-bond acceptors (Lipinski definition) is 11. The maximum atomic E-state index is 12.9. The number of aromatic amines is 2. The number of aromatic nitrogens is 3. The van der Waals surface area contributed by atoms with Crippen molar-refractivity contribution in [3.8, 4) is 28.5 Å². The van der Waals surface area contributed by atoms with Gasteiger partial charge in [0, 0.05) is 36.8 Å². The number of nitrogens with one attached hydrogen (secondary N) is 3. The molecule has 1 spiro atoms. The number of nitrogens with zero attached hydrogens (tertiary/aromatic N) is 2. The van der Waals surface area contributed by atoms with Gasteiger partial charge in [0.05, 0.1) is 32.7 Å². The summed E-state index contributed by atoms with van der Waals surface area (Å²) in [5.74, 6) is -1.68. The summed E-state index contributed by atoms with van der Waals surface area (Å²) in [6.45, 7) is 0.0701. The van der Waals surface area contributed by atoms with Gasteiger partial charge >= 0.3 is 0 Å². The first kappa shape index (κ1) is 27.5. The predicted molar refractivity (Wildman–Crippen MR) is 150 cm³/mol. The van der Waals surface area contributed by atoms with Crippen LogP contribution in [0.3, 0.4) is 0 Å². The highest BCUT2D eigenvalue weighted by Crippen LogP contribution is 2.44. The number of hydrogen-bond donors (Lipinski definition) is 8. The van der Waals surface area contributed by atoms with Gasteiger partial charge in [0.2, 0.25) is 5.43 Å². The summed E-state index contributed by atoms with van der Waals surface area (Å²) in [5, 5.41) is 48.1. The highest BCUT2D eigenvalue weighted by molar-refractivity contribution is 9.12. The van der Waals surface area contributed by atoms with E-state index in [1.54, 1.807) is 6.08 Å². The van der Waals surface area contributed by atoms with Crippen molar-refractivity contribution in [2.24, 2.45) is 5.16 Å². The lowest BCUT2D eigenvalue weighted by molar-refractivity contribution is -0.114. The summed E-state index contributed by atoms with van der Waals surface area (Å²) in [6, 6.07) is 1.20. The van der Waals surface area contributed by atoms with Crippen LogP contribution in [-0.2, 0) is 20.8 Å². The third-order valence-electron chi connectivity index (χ3n) is 6.55. The summed E-state index contributed by atoms with van der Waals surface area (Å²) in [6.07, 6.45) is 1.55. The Morgan fingerprint density at radius 2 is 2.08 bits per heavy atom. The van der Waals surface area contributed by atoms with Crippen LogP contribution in [0.25, 0.3) is 22.2 Å². The molecule has 0 radical (unpaired) electrons. The molecule has 14 nitrogen and oxygen atoms in total. The topological polar surface area (TPSA) is 228 Å². The highest BCUT2D eigenvalue weighted by Gasteiger charge is 2.50. The maximum absolute atomic E-state index is 12.9. The Labute approximate surface area is 241 Å². The lowest BCUT2D eigenvalue weighted by Gasteiger charge is -2.33. The van der Waals surface area contributed by atoms with Gasteiger partial charge < -0.3 is 51.0 Å². The van der Waals surface area contributed by atoms with Gasteiger partial charge in [0.1, 0.15) is 29.1 Å². The van der Waals surface area contributed by atoms with E-state index in [1.807, 2.05) is 0 Å². The van der Waals surface area contributed by atoms with Gasteiger partial charge in [-0.2, -0.15) is 0 Å². The molecular formula is C24H22Br2N6O8. The molecule has 210 valence electrons. The van der Waals surface area contributed by atoms with Crippen molar-refractivity contribution in [1.82, 2.24) is 20.3 Å². The minimum Gasteiger partial charge on any atom is -0.506 e. The Morgan fingerprint density at radius 3 is 2.80 bits per heavy atom. The molecule has 5 rings (SSSR count). The lowest BCUT2D eigenvalue weighted by atomic mass is 9.87. The second-order valence-electron chi connectivity index (χ2n) is 9.04. The molecule has 0 saturated carbocycles. The second kappa shape index (κ2) is 10.2. The van der Waals surface area contributed by atoms with E-state index in [4.69, 9.17) is 15.3 Å². The van der Waals surface area contributed by atoms with E-state index in [9.17, 15) is 30.0 Å². The minimum atomic E-state index is -1.31. The molecule has 2 atom stereocenters. The molecule has 3 aromatic rings. The summed E-state index contributed by atoms with van der Waals surface area (Å²) < 4.78 is 6.12. The Morgan fingerprint density at radius 1 is 1.32 bits per heavy atom. The van der Waals surface area contributed by atoms with E-state index in [-0.39, 0.29) is 59.0 Å². The van der Waals surface area contributed by atoms with Crippen molar-refractivity contribution < 1.29 is 34.8 Å². The van der Waals surface area contributed by atoms with Gasteiger partial charge in [-0.3, -0.25) is 9.59 Å². The fourth-order valence-electron chi connectivity index (χ4n) is 4.60. The van der Waals surface area contributed by atoms with Crippen LogP contribution in [0.2, 0.25) is 0 Å². The molecular weight excluding hydrogens is 660 g/mol. The summed E-state index contributed by atoms with van der Waals surface area (Å²) in [7, 11) is 1.45. The number of halogens is 2. The van der Waals surface area contributed by atoms with Gasteiger partial charge in [-0.1, -0.05) is 5.16 Å². The molecule has 9 N–H and O–H groups in total. The summed E-state index contributed by atoms with van der Waals surface area (Å²) in [5.41, 5.74) is 4.16. The quantitative estimate of drug-likeness (QED) is 0.176. The predicted octanol–water partition coefficient (Wildman–Crippen LogP) is 1.70. The number of allylic oxidation sites excluding steroid dienone is 1. The van der Waals surface area contributed by atoms with Crippen LogP contribution in [-0.4, -0.2) is 72.4 Å². The molecule has 1 aliphatic carbocycles. The Bertz CT molecular complexity index is 1710. The molecule has 0 unspecified atom stereocenters. The molecule has 16 heteroatoms. The highest BCUT2D eigenvalue weighted by atomic mass is 79.9. The molecule has 0 bridgehead atoms. The average Bonchev–Trinajstić information content (AvgIpc) is 3.50. The van der Waals surface area contributed by atoms with Gasteiger partial charge in [0.15, 0.2) is 17.3 Å². The third-order valence-corrected chi connectivity index (χ3v) is 7.93. The number of nitrogens with two attached hydrogens (primary N) is 1. The number of aromatic hydroxyl groups is 3. The SMILES string of the molecule is COC1=C(Br)[C@@H](O)[C@]2(C=C1Br)CC(C(=O)NCCc1[nH]c(N)nc1-c1cc(O)c3[nH]cc(O)c(=O)c3c1O)=NO2. The smallest absolute Gasteiger partial charge is 0.269 e. The fraction of sp³-hybridized carbons (Fsp3) is 0.250. The number of pyridine rings is 1. The van der Waals surface area contributed by atoms with Crippen LogP contribution in [0.15, 0.2) is 43.0 Å². The van der Waals surface area contributed by atoms with Crippen LogP contribution in [0.5, 0.6) is 17.2 Å². The number of methoxy groups -OCH3 is 1. The van der Waals surface area contributed by atoms with Crippen molar-refractivity contribution in [3.63, 3.8) is 0 Å². The fourth-order valence-corrected chi connectivity index (χ4v) is 6.39. The molecule has 40 heavy (non-hydrogen) atoms. The first-order valence-corrected chi connectivity index (χ1v) is 13.2. The minimum absolute atomic E-state index is 0.00616. The number of phenolic OH excluding ortho intramolecular Hbond substituents is 2. The van der Waals surface area contributed by atoms with E-state index >= 15 is 0 Å². The number of carbonyl (C=O) groups excluding carboxylic acids is 1. The van der Waals surface area contributed by atoms with Crippen molar-refractivity contribution in [3.05, 3.63) is 49.0 Å². The summed E-state index contributed by atoms with van der Waals surface area (Å²) in [4.78, 5) is 40.4. The van der Waals surface area contributed by atoms with Crippen molar-refractivity contribution >= 4 is 60.3 Å². The van der Waals surface area contributed by atoms with Crippen LogP contribution < -0.4 is 16.5 Å². The number of aliphatic hydroxyl groups excluding tert-OH is 1. The van der Waals surface area contributed by atoms with Gasteiger partial charge in [0.25, 0.3) is 5.91 Å². The van der Waals surface area contributed by atoms with Crippen molar-refractivity contribution in [2.75, 3.05) is 19.4 Å². The molecule has 3 heterocycles. The largest absolute Gasteiger partial charge is 0.506 e. The standard InChI is InChI=1S/C24H22Br2N6O8/c1-39-20-9(25)5-24(21(37)15(20)26)6-11(32-40-24)22(38)28-3-2-10-16(31-23(27)30-10)8-4-12(33)17-14(18(8)35)19(36)13(34)7-29-17/h4-5,7,21,33-35,37H,2-3,6H2,1H3,(H,28,38)(H,29,36)(H3,27,30,31)/t21-,24+/m1/s1. The number of oxime groups is 1. The molecule has 2 aromatic heterocycles. The number of aliphatic hydroxyl groups is 1. The van der Waals surface area contributed by atoms with E-state index in [1.165, 1.54) is 13.2 Å². The van der Waals surface area contributed by atoms with Crippen LogP contribution in [0, 0.1) is 0 Å². The number of H-pyrrole nitrogens is 2. The number of amides is 1. The van der Waals surface area contributed by atoms with E-state index in [2.05, 4.69) is 57.3 Å². The first-order chi connectivity index (χ1) is 19.0. The number of rotatable bonds is 6. The Hall–Kier alpha value is -4.02. The average molecular weight is 682 g/mol. The van der Waals surface area contributed by atoms with Crippen LogP contribution >= 0.6 is 31.9 Å². The zero-order chi connectivity index (χ0) is 28.9. The number of phenols is 2. The maximum Gasteiger partial charge on any atom is 0.269 e. The number of fused-ring (bicyclic) bond motifs is 1. The third kappa shape index (κ3) is 4.47. The second-order valence-corrected chi connectivity index (χ2v) is 10.7. The Kier molecular flexibility index (Phi) is 7.01. The molecule has 1 aliphatic heterocycles. The van der Waals surface area contributed by atoms with Crippen LogP contribution in [0.4, 0.5) is 5.95 Å². The van der Waals surface area contributed by atoms with Crippen LogP contribution in [0.1, 0.15) is 12.1 Å². The first-order valence-electron chi connectivity index (χ1n) is 11.6. The van der Waals surface area contributed by atoms with Gasteiger partial charge in [-0.25, -0.2) is 4.98 Å². The van der Waals surface area contributed by atoms with Gasteiger partial charge in [-0.15, -0.1) is 0 Å². The van der Waals surface area contributed by atoms with Gasteiger partial charge in [-0.05, 0) is 44.0 Å². The molecule has 0 fully saturated rings. The van der Waals surface area contributed by atoms with Crippen molar-refractivity contribution in [2.45, 2.75) is 24.5 Å². The number of benzene rings is 1.